The van der Waals surface area contributed by atoms with E-state index in [4.69, 9.17) is 10.5 Å². The predicted octanol–water partition coefficient (Wildman–Crippen LogP) is 3.71. The van der Waals surface area contributed by atoms with Gasteiger partial charge >= 0.3 is 6.18 Å². The molecule has 0 aliphatic carbocycles. The highest BCUT2D eigenvalue weighted by Crippen LogP contribution is 2.38. The van der Waals surface area contributed by atoms with Crippen LogP contribution >= 0.6 is 0 Å². The van der Waals surface area contributed by atoms with Crippen molar-refractivity contribution < 1.29 is 22.8 Å². The fraction of sp³-hybridized carbons (Fsp3) is 0.211. The Balaban J connectivity index is 1.88. The Morgan fingerprint density at radius 3 is 2.53 bits per heavy atom. The lowest BCUT2D eigenvalue weighted by Crippen LogP contribution is -2.22. The molecule has 0 unspecified atom stereocenters. The highest BCUT2D eigenvalue weighted by atomic mass is 19.4. The van der Waals surface area contributed by atoms with Crippen LogP contribution in [0.1, 0.15) is 5.56 Å². The molecule has 158 valence electrons. The zero-order valence-electron chi connectivity index (χ0n) is 15.8. The number of aromatic nitrogens is 2. The second-order valence-electron chi connectivity index (χ2n) is 6.28. The molecule has 0 spiro atoms. The van der Waals surface area contributed by atoms with Crippen LogP contribution in [0.25, 0.3) is 11.3 Å². The van der Waals surface area contributed by atoms with Gasteiger partial charge in [0.15, 0.2) is 0 Å². The first-order valence-electron chi connectivity index (χ1n) is 8.77. The van der Waals surface area contributed by atoms with Crippen molar-refractivity contribution in [3.8, 4) is 17.0 Å². The van der Waals surface area contributed by atoms with Crippen LogP contribution in [0.5, 0.6) is 5.75 Å². The number of nitrogens with two attached hydrogens (primary N) is 1. The van der Waals surface area contributed by atoms with Gasteiger partial charge in [-0.3, -0.25) is 15.1 Å². The van der Waals surface area contributed by atoms with E-state index in [1.807, 2.05) is 0 Å². The van der Waals surface area contributed by atoms with Crippen LogP contribution in [0.3, 0.4) is 0 Å². The third-order valence-corrected chi connectivity index (χ3v) is 4.31. The first kappa shape index (κ1) is 21.1. The van der Waals surface area contributed by atoms with Crippen molar-refractivity contribution in [1.29, 1.82) is 0 Å². The van der Waals surface area contributed by atoms with Gasteiger partial charge in [-0.1, -0.05) is 6.07 Å². The van der Waals surface area contributed by atoms with Crippen molar-refractivity contribution in [2.75, 3.05) is 25.2 Å². The average Bonchev–Trinajstić information content (AvgIpc) is 3.21. The summed E-state index contributed by atoms with van der Waals surface area (Å²) in [5, 5.41) is 12.5. The van der Waals surface area contributed by atoms with E-state index >= 15 is 0 Å². The van der Waals surface area contributed by atoms with E-state index in [2.05, 4.69) is 4.98 Å². The standard InChI is InChI=1S/C19H18F3N5O3/c1-25(14-3-5-15(6-4-14)27(28)29)26-11-17(24-12-26)13-2-7-16(19(20,21)22)18(10-13)30-9-8-23/h2-7,10-12H,8-9,23H2,1H3. The molecular weight excluding hydrogens is 403 g/mol. The number of rotatable bonds is 7. The largest absolute Gasteiger partial charge is 0.492 e. The van der Waals surface area contributed by atoms with E-state index in [0.717, 1.165) is 6.07 Å². The van der Waals surface area contributed by atoms with Crippen LogP contribution in [0.2, 0.25) is 0 Å². The number of halogens is 3. The van der Waals surface area contributed by atoms with Gasteiger partial charge in [-0.25, -0.2) is 9.66 Å². The molecule has 2 aromatic carbocycles. The lowest BCUT2D eigenvalue weighted by molar-refractivity contribution is -0.384. The highest BCUT2D eigenvalue weighted by molar-refractivity contribution is 5.63. The minimum absolute atomic E-state index is 0.0340. The molecule has 0 aliphatic rings. The molecule has 0 saturated carbocycles. The minimum Gasteiger partial charge on any atom is -0.492 e. The van der Waals surface area contributed by atoms with E-state index in [-0.39, 0.29) is 24.6 Å². The van der Waals surface area contributed by atoms with Crippen molar-refractivity contribution in [3.63, 3.8) is 0 Å². The van der Waals surface area contributed by atoms with Gasteiger partial charge in [0.1, 0.15) is 18.7 Å². The molecular formula is C19H18F3N5O3. The fourth-order valence-corrected chi connectivity index (χ4v) is 2.75. The maximum Gasteiger partial charge on any atom is 0.419 e. The summed E-state index contributed by atoms with van der Waals surface area (Å²) in [5.74, 6) is -0.316. The topological polar surface area (TPSA) is 99.4 Å². The number of nitro groups is 1. The molecule has 11 heteroatoms. The number of non-ortho nitro benzene ring substituents is 1. The quantitative estimate of drug-likeness (QED) is 0.461. The third kappa shape index (κ3) is 4.51. The summed E-state index contributed by atoms with van der Waals surface area (Å²) in [4.78, 5) is 14.5. The third-order valence-electron chi connectivity index (χ3n) is 4.31. The van der Waals surface area contributed by atoms with Crippen LogP contribution in [-0.2, 0) is 6.18 Å². The first-order chi connectivity index (χ1) is 14.2. The Kier molecular flexibility index (Phi) is 5.92. The Labute approximate surface area is 169 Å². The molecule has 0 fully saturated rings. The zero-order valence-corrected chi connectivity index (χ0v) is 15.8. The van der Waals surface area contributed by atoms with E-state index in [1.165, 1.54) is 30.6 Å². The normalized spacial score (nSPS) is 11.4. The summed E-state index contributed by atoms with van der Waals surface area (Å²) in [6, 6.07) is 9.44. The van der Waals surface area contributed by atoms with Gasteiger partial charge in [0.2, 0.25) is 0 Å². The van der Waals surface area contributed by atoms with Crippen molar-refractivity contribution in [3.05, 3.63) is 70.7 Å². The number of imidazole rings is 1. The smallest absolute Gasteiger partial charge is 0.419 e. The first-order valence-corrected chi connectivity index (χ1v) is 8.77. The van der Waals surface area contributed by atoms with Crippen molar-refractivity contribution in [2.45, 2.75) is 6.18 Å². The summed E-state index contributed by atoms with van der Waals surface area (Å²) in [5.41, 5.74) is 5.94. The number of hydrogen-bond donors (Lipinski definition) is 1. The van der Waals surface area contributed by atoms with Gasteiger partial charge in [-0.05, 0) is 24.3 Å². The van der Waals surface area contributed by atoms with Gasteiger partial charge < -0.3 is 10.5 Å². The highest BCUT2D eigenvalue weighted by Gasteiger charge is 2.34. The summed E-state index contributed by atoms with van der Waals surface area (Å²) < 4.78 is 46.4. The number of nitrogens with zero attached hydrogens (tertiary/aromatic N) is 4. The van der Waals surface area contributed by atoms with Crippen LogP contribution < -0.4 is 15.5 Å². The molecule has 8 nitrogen and oxygen atoms in total. The average molecular weight is 421 g/mol. The zero-order chi connectivity index (χ0) is 21.9. The number of hydrogen-bond acceptors (Lipinski definition) is 6. The summed E-state index contributed by atoms with van der Waals surface area (Å²) in [6.07, 6.45) is -1.45. The molecule has 3 aromatic rings. The Bertz CT molecular complexity index is 1030. The van der Waals surface area contributed by atoms with Gasteiger partial charge in [0.05, 0.1) is 28.1 Å². The van der Waals surface area contributed by atoms with E-state index < -0.39 is 16.7 Å². The van der Waals surface area contributed by atoms with Crippen molar-refractivity contribution in [2.24, 2.45) is 5.73 Å². The number of ether oxygens (including phenoxy) is 1. The van der Waals surface area contributed by atoms with E-state index in [0.29, 0.717) is 16.9 Å². The Morgan fingerprint density at radius 1 is 1.23 bits per heavy atom. The molecule has 0 aliphatic heterocycles. The van der Waals surface area contributed by atoms with Gasteiger partial charge in [-0.2, -0.15) is 13.2 Å². The van der Waals surface area contributed by atoms with E-state index in [9.17, 15) is 23.3 Å². The van der Waals surface area contributed by atoms with Crippen molar-refractivity contribution >= 4 is 11.4 Å². The van der Waals surface area contributed by atoms with Gasteiger partial charge in [0, 0.05) is 31.3 Å². The lowest BCUT2D eigenvalue weighted by atomic mass is 10.1. The molecule has 30 heavy (non-hydrogen) atoms. The second kappa shape index (κ2) is 8.41. The molecule has 3 rings (SSSR count). The fourth-order valence-electron chi connectivity index (χ4n) is 2.75. The van der Waals surface area contributed by atoms with Crippen LogP contribution in [0.4, 0.5) is 24.5 Å². The van der Waals surface area contributed by atoms with Crippen LogP contribution in [-0.4, -0.2) is 34.8 Å². The second-order valence-corrected chi connectivity index (χ2v) is 6.28. The number of nitro benzene ring substituents is 1. The molecule has 0 atom stereocenters. The molecule has 2 N–H and O–H groups in total. The molecule has 0 amide bonds. The van der Waals surface area contributed by atoms with Crippen molar-refractivity contribution in [1.82, 2.24) is 9.66 Å². The summed E-state index contributed by atoms with van der Waals surface area (Å²) in [6.45, 7) is 0.0278. The maximum atomic E-state index is 13.2. The summed E-state index contributed by atoms with van der Waals surface area (Å²) in [7, 11) is 1.72. The SMILES string of the molecule is CN(c1ccc([N+](=O)[O-])cc1)n1cnc(-c2ccc(C(F)(F)F)c(OCCN)c2)c1. The summed E-state index contributed by atoms with van der Waals surface area (Å²) >= 11 is 0. The monoisotopic (exact) mass is 421 g/mol. The predicted molar refractivity (Wildman–Crippen MR) is 104 cm³/mol. The van der Waals surface area contributed by atoms with Gasteiger partial charge in [0.25, 0.3) is 5.69 Å². The number of alkyl halides is 3. The van der Waals surface area contributed by atoms with Crippen LogP contribution in [0.15, 0.2) is 55.0 Å². The molecule has 0 radical (unpaired) electrons. The Hall–Kier alpha value is -3.60. The van der Waals surface area contributed by atoms with E-state index in [1.54, 1.807) is 35.1 Å². The maximum absolute atomic E-state index is 13.2. The molecule has 1 heterocycles. The molecule has 0 saturated heterocycles. The Morgan fingerprint density at radius 2 is 1.93 bits per heavy atom. The van der Waals surface area contributed by atoms with Crippen LogP contribution in [0, 0.1) is 10.1 Å². The van der Waals surface area contributed by atoms with Gasteiger partial charge in [-0.15, -0.1) is 0 Å². The number of benzene rings is 2. The molecule has 1 aromatic heterocycles. The molecule has 0 bridgehead atoms. The number of anilines is 1. The minimum atomic E-state index is -4.56. The lowest BCUT2D eigenvalue weighted by Gasteiger charge is -2.19.